The zero-order chi connectivity index (χ0) is 14.1. The van der Waals surface area contributed by atoms with Crippen molar-refractivity contribution in [3.05, 3.63) is 39.4 Å². The number of benzene rings is 1. The van der Waals surface area contributed by atoms with Crippen LogP contribution in [0.3, 0.4) is 0 Å². The third-order valence-electron chi connectivity index (χ3n) is 5.22. The third-order valence-corrected chi connectivity index (χ3v) is 5.22. The maximum Gasteiger partial charge on any atom is 0.272 e. The number of rotatable bonds is 5. The molecule has 0 aliphatic heterocycles. The molecule has 0 saturated heterocycles. The Bertz CT molecular complexity index is 515. The molecule has 1 aromatic rings. The van der Waals surface area contributed by atoms with Crippen LogP contribution in [-0.2, 0) is 6.54 Å². The molecule has 0 heterocycles. The highest BCUT2D eigenvalue weighted by molar-refractivity contribution is 5.44. The Balaban J connectivity index is 1.56. The highest BCUT2D eigenvalue weighted by Crippen LogP contribution is 2.47. The molecule has 0 amide bonds. The van der Waals surface area contributed by atoms with Gasteiger partial charge in [-0.3, -0.25) is 10.1 Å². The summed E-state index contributed by atoms with van der Waals surface area (Å²) in [5, 5.41) is 14.4. The molecule has 2 aliphatic rings. The van der Waals surface area contributed by atoms with E-state index in [2.05, 4.69) is 5.32 Å². The maximum absolute atomic E-state index is 10.9. The molecule has 20 heavy (non-hydrogen) atoms. The number of nitro benzene ring substituents is 1. The van der Waals surface area contributed by atoms with Crippen molar-refractivity contribution in [3.63, 3.8) is 0 Å². The average molecular weight is 274 g/mol. The first-order valence-electron chi connectivity index (χ1n) is 7.58. The van der Waals surface area contributed by atoms with Gasteiger partial charge in [0.2, 0.25) is 0 Å². The van der Waals surface area contributed by atoms with Gasteiger partial charge in [-0.15, -0.1) is 0 Å². The van der Waals surface area contributed by atoms with Crippen molar-refractivity contribution < 1.29 is 4.92 Å². The van der Waals surface area contributed by atoms with Gasteiger partial charge in [0.05, 0.1) is 4.92 Å². The summed E-state index contributed by atoms with van der Waals surface area (Å²) in [5.41, 5.74) is 2.06. The molecule has 4 heteroatoms. The fourth-order valence-electron chi connectivity index (χ4n) is 4.08. The number of nitrogens with one attached hydrogen (secondary N) is 1. The molecule has 1 N–H and O–H groups in total. The van der Waals surface area contributed by atoms with Crippen molar-refractivity contribution in [2.75, 3.05) is 6.54 Å². The van der Waals surface area contributed by atoms with Gasteiger partial charge in [-0.1, -0.05) is 18.6 Å². The molecule has 0 spiro atoms. The molecule has 0 aromatic heterocycles. The maximum atomic E-state index is 10.9. The van der Waals surface area contributed by atoms with Crippen molar-refractivity contribution in [1.82, 2.24) is 5.32 Å². The fraction of sp³-hybridized carbons (Fsp3) is 0.625. The van der Waals surface area contributed by atoms with Crippen LogP contribution in [0.25, 0.3) is 0 Å². The van der Waals surface area contributed by atoms with Crippen LogP contribution in [0, 0.1) is 34.8 Å². The Morgan fingerprint density at radius 1 is 1.35 bits per heavy atom. The third kappa shape index (κ3) is 2.57. The van der Waals surface area contributed by atoms with Crippen molar-refractivity contribution in [2.24, 2.45) is 17.8 Å². The predicted octanol–water partition coefficient (Wildman–Crippen LogP) is 3.43. The van der Waals surface area contributed by atoms with Gasteiger partial charge in [0.25, 0.3) is 5.69 Å². The van der Waals surface area contributed by atoms with E-state index < -0.39 is 0 Å². The topological polar surface area (TPSA) is 55.2 Å². The van der Waals surface area contributed by atoms with E-state index in [1.54, 1.807) is 12.1 Å². The van der Waals surface area contributed by atoms with Gasteiger partial charge in [-0.25, -0.2) is 0 Å². The summed E-state index contributed by atoms with van der Waals surface area (Å²) in [6.45, 7) is 3.64. The number of fused-ring (bicyclic) bond motifs is 2. The van der Waals surface area contributed by atoms with Crippen molar-refractivity contribution in [3.8, 4) is 0 Å². The summed E-state index contributed by atoms with van der Waals surface area (Å²) in [6.07, 6.45) is 5.66. The molecule has 3 unspecified atom stereocenters. The minimum absolute atomic E-state index is 0.226. The van der Waals surface area contributed by atoms with Gasteiger partial charge in [0.1, 0.15) is 0 Å². The molecule has 0 radical (unpaired) electrons. The largest absolute Gasteiger partial charge is 0.312 e. The zero-order valence-electron chi connectivity index (χ0n) is 12.0. The number of hydrogen-bond donors (Lipinski definition) is 1. The highest BCUT2D eigenvalue weighted by atomic mass is 16.6. The van der Waals surface area contributed by atoms with Crippen LogP contribution in [0.4, 0.5) is 5.69 Å². The average Bonchev–Trinajstić information content (AvgIpc) is 3.02. The number of hydrogen-bond acceptors (Lipinski definition) is 3. The quantitative estimate of drug-likeness (QED) is 0.661. The monoisotopic (exact) mass is 274 g/mol. The van der Waals surface area contributed by atoms with Gasteiger partial charge >= 0.3 is 0 Å². The summed E-state index contributed by atoms with van der Waals surface area (Å²) in [5.74, 6) is 2.73. The second kappa shape index (κ2) is 5.52. The summed E-state index contributed by atoms with van der Waals surface area (Å²) >= 11 is 0. The van der Waals surface area contributed by atoms with Crippen molar-refractivity contribution in [1.29, 1.82) is 0 Å². The van der Waals surface area contributed by atoms with Crippen LogP contribution in [-0.4, -0.2) is 11.5 Å². The minimum atomic E-state index is -0.297. The van der Waals surface area contributed by atoms with Crippen LogP contribution < -0.4 is 5.32 Å². The lowest BCUT2D eigenvalue weighted by Crippen LogP contribution is -2.26. The first kappa shape index (κ1) is 13.6. The Kier molecular flexibility index (Phi) is 3.74. The molecular formula is C16H22N2O2. The molecule has 2 aliphatic carbocycles. The Morgan fingerprint density at radius 3 is 2.85 bits per heavy atom. The summed E-state index contributed by atoms with van der Waals surface area (Å²) in [7, 11) is 0. The van der Waals surface area contributed by atoms with E-state index in [9.17, 15) is 10.1 Å². The first-order chi connectivity index (χ1) is 9.65. The molecule has 1 aromatic carbocycles. The standard InChI is InChI=1S/C16H22N2O2/c1-11-14(3-2-4-16(11)18(19)20)9-17-10-15-8-12-5-6-13(15)7-12/h2-4,12-13,15,17H,5-10H2,1H3. The Morgan fingerprint density at radius 2 is 2.20 bits per heavy atom. The summed E-state index contributed by atoms with van der Waals surface area (Å²) in [4.78, 5) is 10.6. The van der Waals surface area contributed by atoms with Gasteiger partial charge in [-0.2, -0.15) is 0 Å². The molecule has 4 nitrogen and oxygen atoms in total. The highest BCUT2D eigenvalue weighted by Gasteiger charge is 2.38. The fourth-order valence-corrected chi connectivity index (χ4v) is 4.08. The lowest BCUT2D eigenvalue weighted by atomic mass is 9.89. The van der Waals surface area contributed by atoms with E-state index in [0.717, 1.165) is 42.0 Å². The smallest absolute Gasteiger partial charge is 0.272 e. The SMILES string of the molecule is Cc1c(CNCC2CC3CCC2C3)cccc1[N+](=O)[O-]. The van der Waals surface area contributed by atoms with E-state index in [4.69, 9.17) is 0 Å². The van der Waals surface area contributed by atoms with E-state index in [0.29, 0.717) is 0 Å². The minimum Gasteiger partial charge on any atom is -0.312 e. The molecule has 2 fully saturated rings. The van der Waals surface area contributed by atoms with Gasteiger partial charge < -0.3 is 5.32 Å². The first-order valence-corrected chi connectivity index (χ1v) is 7.58. The molecule has 3 atom stereocenters. The number of nitrogens with zero attached hydrogens (tertiary/aromatic N) is 1. The van der Waals surface area contributed by atoms with Gasteiger partial charge in [0.15, 0.2) is 0 Å². The van der Waals surface area contributed by atoms with Crippen molar-refractivity contribution in [2.45, 2.75) is 39.2 Å². The molecule has 2 saturated carbocycles. The van der Waals surface area contributed by atoms with Crippen LogP contribution >= 0.6 is 0 Å². The summed E-state index contributed by atoms with van der Waals surface area (Å²) < 4.78 is 0. The lowest BCUT2D eigenvalue weighted by molar-refractivity contribution is -0.385. The van der Waals surface area contributed by atoms with E-state index in [1.807, 2.05) is 13.0 Å². The molecule has 3 rings (SSSR count). The second-order valence-electron chi connectivity index (χ2n) is 6.38. The Hall–Kier alpha value is -1.42. The van der Waals surface area contributed by atoms with Crippen LogP contribution in [0.5, 0.6) is 0 Å². The molecule has 108 valence electrons. The normalized spacial score (nSPS) is 27.9. The van der Waals surface area contributed by atoms with Crippen LogP contribution in [0.1, 0.15) is 36.8 Å². The second-order valence-corrected chi connectivity index (χ2v) is 6.38. The van der Waals surface area contributed by atoms with Gasteiger partial charge in [0, 0.05) is 18.2 Å². The lowest BCUT2D eigenvalue weighted by Gasteiger charge is -2.22. The van der Waals surface area contributed by atoms with Crippen LogP contribution in [0.2, 0.25) is 0 Å². The van der Waals surface area contributed by atoms with Crippen molar-refractivity contribution >= 4 is 5.69 Å². The summed E-state index contributed by atoms with van der Waals surface area (Å²) in [6, 6.07) is 5.34. The number of nitro groups is 1. The van der Waals surface area contributed by atoms with E-state index >= 15 is 0 Å². The zero-order valence-corrected chi connectivity index (χ0v) is 12.0. The predicted molar refractivity (Wildman–Crippen MR) is 78.5 cm³/mol. The van der Waals surface area contributed by atoms with Crippen LogP contribution in [0.15, 0.2) is 18.2 Å². The molecule has 2 bridgehead atoms. The van der Waals surface area contributed by atoms with E-state index in [1.165, 1.54) is 25.7 Å². The molecular weight excluding hydrogens is 252 g/mol. The van der Waals surface area contributed by atoms with E-state index in [-0.39, 0.29) is 10.6 Å². The Labute approximate surface area is 119 Å². The van der Waals surface area contributed by atoms with Gasteiger partial charge in [-0.05, 0) is 56.0 Å².